The Morgan fingerprint density at radius 1 is 1.50 bits per heavy atom. The first kappa shape index (κ1) is 14.8. The molecule has 3 nitrogen and oxygen atoms in total. The van der Waals surface area contributed by atoms with Gasteiger partial charge in [0.1, 0.15) is 5.60 Å². The van der Waals surface area contributed by atoms with E-state index < -0.39 is 5.60 Å². The molecule has 1 atom stereocenters. The average molecular weight is 225 g/mol. The number of likely N-dealkylation sites (N-methyl/N-ethyl adjacent to an activating group) is 1. The first-order chi connectivity index (χ1) is 7.22. The summed E-state index contributed by atoms with van der Waals surface area (Å²) in [4.78, 5) is 13.5. The summed E-state index contributed by atoms with van der Waals surface area (Å²) in [6.45, 7) is 17.5. The van der Waals surface area contributed by atoms with E-state index in [0.717, 1.165) is 5.57 Å². The van der Waals surface area contributed by atoms with Gasteiger partial charge in [0.25, 0.3) is 0 Å². The maximum Gasteiger partial charge on any atom is 0.410 e. The van der Waals surface area contributed by atoms with Crippen molar-refractivity contribution in [2.24, 2.45) is 0 Å². The van der Waals surface area contributed by atoms with Gasteiger partial charge in [-0.25, -0.2) is 4.79 Å². The number of hydrogen-bond acceptors (Lipinski definition) is 2. The normalized spacial score (nSPS) is 12.8. The highest BCUT2D eigenvalue weighted by molar-refractivity contribution is 5.69. The highest BCUT2D eigenvalue weighted by Crippen LogP contribution is 2.15. The molecule has 0 aliphatic heterocycles. The standard InChI is InChI=1S/C13H23NO2/c1-8-10(3)11(4)14(9-2)12(15)16-13(5,6)7/h8,11H,1,3,9H2,2,4-7H3. The van der Waals surface area contributed by atoms with Crippen LogP contribution in [0.4, 0.5) is 4.79 Å². The van der Waals surface area contributed by atoms with Gasteiger partial charge < -0.3 is 9.64 Å². The summed E-state index contributed by atoms with van der Waals surface area (Å²) < 4.78 is 5.32. The first-order valence-corrected chi connectivity index (χ1v) is 5.53. The second kappa shape index (κ2) is 5.73. The lowest BCUT2D eigenvalue weighted by atomic mass is 10.1. The van der Waals surface area contributed by atoms with Gasteiger partial charge in [-0.3, -0.25) is 0 Å². The van der Waals surface area contributed by atoms with Crippen molar-refractivity contribution in [3.8, 4) is 0 Å². The van der Waals surface area contributed by atoms with Crippen LogP contribution < -0.4 is 0 Å². The number of hydrogen-bond donors (Lipinski definition) is 0. The molecule has 0 aliphatic rings. The van der Waals surface area contributed by atoms with E-state index in [-0.39, 0.29) is 12.1 Å². The maximum atomic E-state index is 11.9. The van der Waals surface area contributed by atoms with Gasteiger partial charge in [-0.05, 0) is 40.2 Å². The predicted molar refractivity (Wildman–Crippen MR) is 67.4 cm³/mol. The molecular weight excluding hydrogens is 202 g/mol. The number of ether oxygens (including phenoxy) is 1. The van der Waals surface area contributed by atoms with E-state index in [4.69, 9.17) is 4.74 Å². The largest absolute Gasteiger partial charge is 0.444 e. The van der Waals surface area contributed by atoms with Crippen LogP contribution in [0.3, 0.4) is 0 Å². The summed E-state index contributed by atoms with van der Waals surface area (Å²) in [5, 5.41) is 0. The molecule has 0 saturated carbocycles. The van der Waals surface area contributed by atoms with E-state index in [2.05, 4.69) is 13.2 Å². The van der Waals surface area contributed by atoms with Crippen LogP contribution in [0.2, 0.25) is 0 Å². The molecule has 0 spiro atoms. The zero-order valence-electron chi connectivity index (χ0n) is 11.0. The van der Waals surface area contributed by atoms with Crippen molar-refractivity contribution >= 4 is 6.09 Å². The molecule has 0 heterocycles. The smallest absolute Gasteiger partial charge is 0.410 e. The van der Waals surface area contributed by atoms with Crippen molar-refractivity contribution in [2.45, 2.75) is 46.3 Å². The van der Waals surface area contributed by atoms with E-state index >= 15 is 0 Å². The minimum absolute atomic E-state index is 0.0858. The molecule has 0 aromatic carbocycles. The van der Waals surface area contributed by atoms with Crippen LogP contribution in [0, 0.1) is 0 Å². The van der Waals surface area contributed by atoms with E-state index in [0.29, 0.717) is 6.54 Å². The van der Waals surface area contributed by atoms with Crippen LogP contribution in [-0.4, -0.2) is 29.2 Å². The Hall–Kier alpha value is -1.25. The highest BCUT2D eigenvalue weighted by Gasteiger charge is 2.25. The summed E-state index contributed by atoms with van der Waals surface area (Å²) in [6, 6.07) is -0.0858. The van der Waals surface area contributed by atoms with Crippen molar-refractivity contribution < 1.29 is 9.53 Å². The number of carbonyl (C=O) groups excluding carboxylic acids is 1. The molecule has 0 aromatic rings. The van der Waals surface area contributed by atoms with Crippen molar-refractivity contribution in [1.82, 2.24) is 4.90 Å². The van der Waals surface area contributed by atoms with Gasteiger partial charge in [0.15, 0.2) is 0 Å². The van der Waals surface area contributed by atoms with Crippen molar-refractivity contribution in [3.63, 3.8) is 0 Å². The lowest BCUT2D eigenvalue weighted by molar-refractivity contribution is 0.0218. The third kappa shape index (κ3) is 4.51. The lowest BCUT2D eigenvalue weighted by Crippen LogP contribution is -2.42. The molecule has 92 valence electrons. The van der Waals surface area contributed by atoms with E-state index in [1.54, 1.807) is 11.0 Å². The van der Waals surface area contributed by atoms with E-state index in [9.17, 15) is 4.79 Å². The molecule has 0 bridgehead atoms. The molecule has 0 rings (SSSR count). The topological polar surface area (TPSA) is 29.5 Å². The zero-order valence-corrected chi connectivity index (χ0v) is 11.0. The summed E-state index contributed by atoms with van der Waals surface area (Å²) in [5.74, 6) is 0. The number of rotatable bonds is 4. The number of amides is 1. The molecule has 0 N–H and O–H groups in total. The summed E-state index contributed by atoms with van der Waals surface area (Å²) in [7, 11) is 0. The Morgan fingerprint density at radius 2 is 2.00 bits per heavy atom. The van der Waals surface area contributed by atoms with Crippen LogP contribution in [0.1, 0.15) is 34.6 Å². The van der Waals surface area contributed by atoms with Gasteiger partial charge >= 0.3 is 6.09 Å². The van der Waals surface area contributed by atoms with Gasteiger partial charge in [-0.2, -0.15) is 0 Å². The maximum absolute atomic E-state index is 11.9. The molecule has 1 amide bonds. The molecule has 16 heavy (non-hydrogen) atoms. The van der Waals surface area contributed by atoms with Crippen molar-refractivity contribution in [3.05, 3.63) is 24.8 Å². The number of carbonyl (C=O) groups is 1. The Balaban J connectivity index is 4.67. The SMILES string of the molecule is C=CC(=C)C(C)N(CC)C(=O)OC(C)(C)C. The monoisotopic (exact) mass is 225 g/mol. The van der Waals surface area contributed by atoms with E-state index in [1.807, 2.05) is 34.6 Å². The summed E-state index contributed by atoms with van der Waals surface area (Å²) >= 11 is 0. The van der Waals surface area contributed by atoms with Gasteiger partial charge in [0.2, 0.25) is 0 Å². The fraction of sp³-hybridized carbons (Fsp3) is 0.615. The molecular formula is C13H23NO2. The van der Waals surface area contributed by atoms with Crippen LogP contribution in [0.15, 0.2) is 24.8 Å². The number of nitrogens with zero attached hydrogens (tertiary/aromatic N) is 1. The first-order valence-electron chi connectivity index (χ1n) is 5.53. The fourth-order valence-electron chi connectivity index (χ4n) is 1.25. The second-order valence-electron chi connectivity index (χ2n) is 4.72. The minimum Gasteiger partial charge on any atom is -0.444 e. The molecule has 1 unspecified atom stereocenters. The minimum atomic E-state index is -0.472. The van der Waals surface area contributed by atoms with Crippen molar-refractivity contribution in [1.29, 1.82) is 0 Å². The van der Waals surface area contributed by atoms with Crippen LogP contribution in [0.25, 0.3) is 0 Å². The lowest BCUT2D eigenvalue weighted by Gasteiger charge is -2.31. The molecule has 0 fully saturated rings. The Labute approximate surface area is 98.8 Å². The highest BCUT2D eigenvalue weighted by atomic mass is 16.6. The van der Waals surface area contributed by atoms with Crippen molar-refractivity contribution in [2.75, 3.05) is 6.54 Å². The van der Waals surface area contributed by atoms with Gasteiger partial charge in [-0.1, -0.05) is 19.2 Å². The van der Waals surface area contributed by atoms with Crippen LogP contribution in [-0.2, 0) is 4.74 Å². The molecule has 3 heteroatoms. The molecule has 0 saturated heterocycles. The Morgan fingerprint density at radius 3 is 2.31 bits per heavy atom. The summed E-state index contributed by atoms with van der Waals surface area (Å²) in [5.41, 5.74) is 0.340. The Kier molecular flexibility index (Phi) is 5.28. The van der Waals surface area contributed by atoms with Gasteiger partial charge in [-0.15, -0.1) is 0 Å². The van der Waals surface area contributed by atoms with Crippen LogP contribution in [0.5, 0.6) is 0 Å². The average Bonchev–Trinajstić information content (AvgIpc) is 2.14. The third-order valence-electron chi connectivity index (χ3n) is 2.24. The third-order valence-corrected chi connectivity index (χ3v) is 2.24. The predicted octanol–water partition coefficient (Wildman–Crippen LogP) is 3.37. The molecule has 0 aromatic heterocycles. The molecule has 0 aliphatic carbocycles. The second-order valence-corrected chi connectivity index (χ2v) is 4.72. The molecule has 0 radical (unpaired) electrons. The van der Waals surface area contributed by atoms with Gasteiger partial charge in [0.05, 0.1) is 6.04 Å². The fourth-order valence-corrected chi connectivity index (χ4v) is 1.25. The quantitative estimate of drug-likeness (QED) is 0.686. The summed E-state index contributed by atoms with van der Waals surface area (Å²) in [6.07, 6.45) is 1.35. The zero-order chi connectivity index (χ0) is 12.9. The van der Waals surface area contributed by atoms with E-state index in [1.165, 1.54) is 0 Å². The van der Waals surface area contributed by atoms with Crippen LogP contribution >= 0.6 is 0 Å². The van der Waals surface area contributed by atoms with Gasteiger partial charge in [0, 0.05) is 6.54 Å². The Bertz CT molecular complexity index is 276.